The predicted octanol–water partition coefficient (Wildman–Crippen LogP) is 2.27. The number of aryl methyl sites for hydroxylation is 1. The minimum Gasteiger partial charge on any atom is -0.349 e. The molecule has 0 saturated carbocycles. The van der Waals surface area contributed by atoms with Crippen molar-refractivity contribution >= 4 is 16.3 Å². The Morgan fingerprint density at radius 1 is 1.75 bits per heavy atom. The molecule has 0 saturated heterocycles. The molecule has 1 aromatic heterocycles. The number of rotatable bonds is 2. The molecule has 0 atom stereocenters. The minimum absolute atomic E-state index is 0.445. The zero-order valence-corrected chi connectivity index (χ0v) is 7.83. The lowest BCUT2D eigenvalue weighted by atomic mass is 10.4. The molecule has 0 aliphatic heterocycles. The van der Waals surface area contributed by atoms with Crippen molar-refractivity contribution in [2.75, 3.05) is 5.32 Å². The highest BCUT2D eigenvalue weighted by molar-refractivity contribution is 7.15. The van der Waals surface area contributed by atoms with Gasteiger partial charge in [0.2, 0.25) is 0 Å². The van der Waals surface area contributed by atoms with E-state index in [-0.39, 0.29) is 0 Å². The topological polar surface area (TPSA) is 48.7 Å². The Labute approximate surface area is 75.4 Å². The molecule has 4 heteroatoms. The SMILES string of the molecule is C=C(C)Nc1sc(C)nc1C#N. The first-order valence-electron chi connectivity index (χ1n) is 3.43. The highest BCUT2D eigenvalue weighted by atomic mass is 32.1. The van der Waals surface area contributed by atoms with Crippen molar-refractivity contribution in [1.82, 2.24) is 4.98 Å². The Kier molecular flexibility index (Phi) is 2.46. The van der Waals surface area contributed by atoms with E-state index in [9.17, 15) is 0 Å². The number of aromatic nitrogens is 1. The summed E-state index contributed by atoms with van der Waals surface area (Å²) in [5.41, 5.74) is 1.26. The van der Waals surface area contributed by atoms with Crippen LogP contribution in [0.3, 0.4) is 0 Å². The molecule has 1 N–H and O–H groups in total. The average molecular weight is 179 g/mol. The molecule has 0 aliphatic carbocycles. The molecule has 0 fully saturated rings. The van der Waals surface area contributed by atoms with Crippen LogP contribution in [0, 0.1) is 18.3 Å². The number of hydrogen-bond acceptors (Lipinski definition) is 4. The molecule has 0 radical (unpaired) electrons. The van der Waals surface area contributed by atoms with Gasteiger partial charge in [-0.1, -0.05) is 6.58 Å². The molecule has 12 heavy (non-hydrogen) atoms. The number of thiazole rings is 1. The summed E-state index contributed by atoms with van der Waals surface area (Å²) in [6, 6.07) is 2.02. The summed E-state index contributed by atoms with van der Waals surface area (Å²) in [6.07, 6.45) is 0. The molecule has 0 aromatic carbocycles. The van der Waals surface area contributed by atoms with Gasteiger partial charge in [-0.15, -0.1) is 11.3 Å². The van der Waals surface area contributed by atoms with Gasteiger partial charge in [0.25, 0.3) is 0 Å². The molecule has 0 aliphatic rings. The normalized spacial score (nSPS) is 9.08. The molecule has 0 amide bonds. The van der Waals surface area contributed by atoms with Gasteiger partial charge >= 0.3 is 0 Å². The quantitative estimate of drug-likeness (QED) is 0.757. The zero-order valence-electron chi connectivity index (χ0n) is 7.01. The van der Waals surface area contributed by atoms with Crippen LogP contribution in [0.2, 0.25) is 0 Å². The van der Waals surface area contributed by atoms with Gasteiger partial charge in [0, 0.05) is 5.70 Å². The van der Waals surface area contributed by atoms with Crippen LogP contribution < -0.4 is 5.32 Å². The molecular formula is C8H9N3S. The monoisotopic (exact) mass is 179 g/mol. The second kappa shape index (κ2) is 3.37. The van der Waals surface area contributed by atoms with Crippen LogP contribution in [0.4, 0.5) is 5.00 Å². The lowest BCUT2D eigenvalue weighted by Crippen LogP contribution is -1.92. The molecular weight excluding hydrogens is 170 g/mol. The first-order valence-corrected chi connectivity index (χ1v) is 4.25. The Morgan fingerprint density at radius 3 is 2.92 bits per heavy atom. The van der Waals surface area contributed by atoms with Crippen molar-refractivity contribution < 1.29 is 0 Å². The molecule has 62 valence electrons. The van der Waals surface area contributed by atoms with Crippen LogP contribution in [0.1, 0.15) is 17.6 Å². The molecule has 1 heterocycles. The van der Waals surface area contributed by atoms with E-state index in [4.69, 9.17) is 5.26 Å². The second-order valence-electron chi connectivity index (χ2n) is 2.43. The van der Waals surface area contributed by atoms with Gasteiger partial charge in [-0.3, -0.25) is 0 Å². The molecule has 1 rings (SSSR count). The third kappa shape index (κ3) is 1.83. The fraction of sp³-hybridized carbons (Fsp3) is 0.250. The maximum atomic E-state index is 8.67. The van der Waals surface area contributed by atoms with Crippen LogP contribution in [-0.2, 0) is 0 Å². The lowest BCUT2D eigenvalue weighted by Gasteiger charge is -1.99. The Balaban J connectivity index is 2.99. The van der Waals surface area contributed by atoms with Crippen molar-refractivity contribution in [3.63, 3.8) is 0 Å². The van der Waals surface area contributed by atoms with E-state index in [1.165, 1.54) is 11.3 Å². The van der Waals surface area contributed by atoms with Crippen molar-refractivity contribution in [1.29, 1.82) is 5.26 Å². The number of anilines is 1. The summed E-state index contributed by atoms with van der Waals surface area (Å²) in [7, 11) is 0. The summed E-state index contributed by atoms with van der Waals surface area (Å²) in [5.74, 6) is 0. The maximum Gasteiger partial charge on any atom is 0.175 e. The first kappa shape index (κ1) is 8.75. The Morgan fingerprint density at radius 2 is 2.42 bits per heavy atom. The largest absolute Gasteiger partial charge is 0.349 e. The lowest BCUT2D eigenvalue weighted by molar-refractivity contribution is 1.24. The van der Waals surface area contributed by atoms with E-state index >= 15 is 0 Å². The van der Waals surface area contributed by atoms with E-state index in [0.29, 0.717) is 5.69 Å². The number of nitriles is 1. The highest BCUT2D eigenvalue weighted by Crippen LogP contribution is 2.24. The second-order valence-corrected chi connectivity index (χ2v) is 3.63. The third-order valence-electron chi connectivity index (χ3n) is 1.17. The molecule has 3 nitrogen and oxygen atoms in total. The summed E-state index contributed by atoms with van der Waals surface area (Å²) >= 11 is 1.46. The Hall–Kier alpha value is -1.34. The predicted molar refractivity (Wildman–Crippen MR) is 50.0 cm³/mol. The highest BCUT2D eigenvalue weighted by Gasteiger charge is 2.06. The standard InChI is InChI=1S/C8H9N3S/c1-5(2)10-8-7(4-9)11-6(3)12-8/h10H,1H2,2-3H3. The van der Waals surface area contributed by atoms with Gasteiger partial charge in [-0.25, -0.2) is 4.98 Å². The van der Waals surface area contributed by atoms with E-state index in [1.807, 2.05) is 19.9 Å². The van der Waals surface area contributed by atoms with Crippen molar-refractivity contribution in [3.8, 4) is 6.07 Å². The molecule has 1 aromatic rings. The Bertz CT molecular complexity index is 346. The van der Waals surface area contributed by atoms with Gasteiger partial charge < -0.3 is 5.32 Å². The smallest absolute Gasteiger partial charge is 0.175 e. The summed E-state index contributed by atoms with van der Waals surface area (Å²) in [6.45, 7) is 7.41. The summed E-state index contributed by atoms with van der Waals surface area (Å²) < 4.78 is 0. The molecule has 0 spiro atoms. The van der Waals surface area contributed by atoms with Gasteiger partial charge in [0.05, 0.1) is 5.01 Å². The van der Waals surface area contributed by atoms with Crippen molar-refractivity contribution in [2.45, 2.75) is 13.8 Å². The number of nitrogens with one attached hydrogen (secondary N) is 1. The van der Waals surface area contributed by atoms with E-state index in [0.717, 1.165) is 15.7 Å². The van der Waals surface area contributed by atoms with Gasteiger partial charge in [0.15, 0.2) is 5.69 Å². The first-order chi connectivity index (χ1) is 5.63. The van der Waals surface area contributed by atoms with Crippen LogP contribution in [0.25, 0.3) is 0 Å². The van der Waals surface area contributed by atoms with Gasteiger partial charge in [-0.05, 0) is 13.8 Å². The third-order valence-corrected chi connectivity index (χ3v) is 2.05. The zero-order chi connectivity index (χ0) is 9.14. The van der Waals surface area contributed by atoms with E-state index in [2.05, 4.69) is 16.9 Å². The van der Waals surface area contributed by atoms with Crippen molar-refractivity contribution in [2.24, 2.45) is 0 Å². The molecule has 0 bridgehead atoms. The van der Waals surface area contributed by atoms with Gasteiger partial charge in [0.1, 0.15) is 11.1 Å². The van der Waals surface area contributed by atoms with Crippen LogP contribution in [-0.4, -0.2) is 4.98 Å². The van der Waals surface area contributed by atoms with Crippen LogP contribution in [0.5, 0.6) is 0 Å². The van der Waals surface area contributed by atoms with Crippen LogP contribution in [0.15, 0.2) is 12.3 Å². The number of nitrogens with zero attached hydrogens (tertiary/aromatic N) is 2. The summed E-state index contributed by atoms with van der Waals surface area (Å²) in [5, 5.41) is 13.3. The fourth-order valence-electron chi connectivity index (χ4n) is 0.781. The fourth-order valence-corrected chi connectivity index (χ4v) is 1.63. The minimum atomic E-state index is 0.445. The van der Waals surface area contributed by atoms with E-state index in [1.54, 1.807) is 0 Å². The number of hydrogen-bond donors (Lipinski definition) is 1. The molecule has 0 unspecified atom stereocenters. The maximum absolute atomic E-state index is 8.67. The number of allylic oxidation sites excluding steroid dienone is 1. The van der Waals surface area contributed by atoms with Gasteiger partial charge in [-0.2, -0.15) is 5.26 Å². The van der Waals surface area contributed by atoms with Crippen molar-refractivity contribution in [3.05, 3.63) is 23.0 Å². The average Bonchev–Trinajstić information content (AvgIpc) is 2.29. The summed E-state index contributed by atoms with van der Waals surface area (Å²) in [4.78, 5) is 4.04. The van der Waals surface area contributed by atoms with Crippen LogP contribution >= 0.6 is 11.3 Å². The van der Waals surface area contributed by atoms with E-state index < -0.39 is 0 Å².